The molecule has 4 rings (SSSR count). The van der Waals surface area contributed by atoms with Crippen molar-refractivity contribution in [1.29, 1.82) is 0 Å². The molecular weight excluding hydrogens is 370 g/mol. The quantitative estimate of drug-likeness (QED) is 0.639. The van der Waals surface area contributed by atoms with Gasteiger partial charge in [0.05, 0.1) is 10.6 Å². The highest BCUT2D eigenvalue weighted by Crippen LogP contribution is 2.30. The molecule has 1 aliphatic rings. The molecule has 0 aliphatic carbocycles. The Hall–Kier alpha value is -3.25. The zero-order valence-corrected chi connectivity index (χ0v) is 16.3. The predicted octanol–water partition coefficient (Wildman–Crippen LogP) is 4.69. The molecule has 28 heavy (non-hydrogen) atoms. The van der Waals surface area contributed by atoms with Crippen molar-refractivity contribution in [2.24, 2.45) is 4.99 Å². The first-order valence-electron chi connectivity index (χ1n) is 8.84. The number of amidine groups is 1. The van der Waals surface area contributed by atoms with E-state index in [1.165, 1.54) is 11.8 Å². The minimum absolute atomic E-state index is 0.160. The van der Waals surface area contributed by atoms with Crippen LogP contribution in [0.1, 0.15) is 17.0 Å². The third-order valence-corrected chi connectivity index (χ3v) is 5.41. The van der Waals surface area contributed by atoms with Crippen molar-refractivity contribution in [3.8, 4) is 11.4 Å². The van der Waals surface area contributed by atoms with Crippen LogP contribution in [0, 0.1) is 13.8 Å². The average molecular weight is 389 g/mol. The lowest BCUT2D eigenvalue weighted by Crippen LogP contribution is -2.19. The van der Waals surface area contributed by atoms with Gasteiger partial charge in [0.25, 0.3) is 5.91 Å². The highest BCUT2D eigenvalue weighted by atomic mass is 32.2. The molecule has 1 saturated heterocycles. The number of phenols is 1. The summed E-state index contributed by atoms with van der Waals surface area (Å²) in [6.45, 7) is 4.11. The van der Waals surface area contributed by atoms with Crippen LogP contribution in [0.5, 0.6) is 5.75 Å². The summed E-state index contributed by atoms with van der Waals surface area (Å²) in [5.74, 6) is 0.0217. The van der Waals surface area contributed by atoms with Crippen LogP contribution in [0.25, 0.3) is 11.8 Å². The van der Waals surface area contributed by atoms with E-state index in [-0.39, 0.29) is 11.7 Å². The van der Waals surface area contributed by atoms with Crippen molar-refractivity contribution in [3.63, 3.8) is 0 Å². The molecule has 2 heterocycles. The van der Waals surface area contributed by atoms with Gasteiger partial charge in [0, 0.05) is 17.1 Å². The number of thioether (sulfide) groups is 1. The van der Waals surface area contributed by atoms with Gasteiger partial charge in [0.15, 0.2) is 5.17 Å². The Balaban J connectivity index is 1.63. The molecule has 1 aromatic heterocycles. The first-order chi connectivity index (χ1) is 13.5. The second-order valence-electron chi connectivity index (χ2n) is 6.50. The number of nitrogens with one attached hydrogen (secondary N) is 1. The molecule has 5 nitrogen and oxygen atoms in total. The van der Waals surface area contributed by atoms with Gasteiger partial charge in [-0.2, -0.15) is 0 Å². The number of hydrogen-bond acceptors (Lipinski definition) is 4. The Morgan fingerprint density at radius 1 is 1.07 bits per heavy atom. The van der Waals surface area contributed by atoms with Gasteiger partial charge in [0.2, 0.25) is 0 Å². The number of rotatable bonds is 3. The molecular formula is C22H19N3O2S. The lowest BCUT2D eigenvalue weighted by Gasteiger charge is -2.09. The van der Waals surface area contributed by atoms with Crippen molar-refractivity contribution in [3.05, 3.63) is 82.5 Å². The highest BCUT2D eigenvalue weighted by molar-refractivity contribution is 8.18. The van der Waals surface area contributed by atoms with E-state index >= 15 is 0 Å². The van der Waals surface area contributed by atoms with E-state index in [0.717, 1.165) is 22.6 Å². The molecule has 0 radical (unpaired) electrons. The van der Waals surface area contributed by atoms with E-state index in [0.29, 0.717) is 15.8 Å². The van der Waals surface area contributed by atoms with Gasteiger partial charge in [-0.15, -0.1) is 0 Å². The number of carbonyl (C=O) groups is 1. The minimum atomic E-state index is -0.160. The van der Waals surface area contributed by atoms with E-state index in [1.807, 2.05) is 24.3 Å². The molecule has 2 aromatic carbocycles. The Morgan fingerprint density at radius 2 is 1.79 bits per heavy atom. The molecule has 0 unspecified atom stereocenters. The van der Waals surface area contributed by atoms with E-state index in [1.54, 1.807) is 24.3 Å². The fourth-order valence-electron chi connectivity index (χ4n) is 3.17. The van der Waals surface area contributed by atoms with E-state index in [4.69, 9.17) is 0 Å². The summed E-state index contributed by atoms with van der Waals surface area (Å²) in [6, 6.07) is 18.8. The number of aromatic hydroxyl groups is 1. The molecule has 1 fully saturated rings. The first-order valence-corrected chi connectivity index (χ1v) is 9.66. The Morgan fingerprint density at radius 3 is 2.50 bits per heavy atom. The molecule has 140 valence electrons. The molecule has 2 N–H and O–H groups in total. The number of nitrogens with zero attached hydrogens (tertiary/aromatic N) is 2. The Bertz CT molecular complexity index is 1100. The summed E-state index contributed by atoms with van der Waals surface area (Å²) in [6.07, 6.45) is 1.90. The maximum atomic E-state index is 12.4. The van der Waals surface area contributed by atoms with Crippen LogP contribution in [-0.2, 0) is 4.79 Å². The molecule has 3 aromatic rings. The standard InChI is InChI=1S/C22H19N3O2S/c1-14-12-16(15(2)25(14)18-6-4-3-5-7-18)13-20-21(27)24-22(28-20)23-17-8-10-19(26)11-9-17/h3-13,26H,1-2H3,(H,23,24,27). The molecule has 0 spiro atoms. The van der Waals surface area contributed by atoms with Crippen LogP contribution in [0.4, 0.5) is 5.69 Å². The summed E-state index contributed by atoms with van der Waals surface area (Å²) >= 11 is 1.31. The number of aromatic nitrogens is 1. The van der Waals surface area contributed by atoms with E-state index < -0.39 is 0 Å². The zero-order chi connectivity index (χ0) is 19.7. The summed E-state index contributed by atoms with van der Waals surface area (Å²) in [4.78, 5) is 17.4. The maximum absolute atomic E-state index is 12.4. The Labute approximate surface area is 167 Å². The fourth-order valence-corrected chi connectivity index (χ4v) is 4.01. The third kappa shape index (κ3) is 3.59. The van der Waals surface area contributed by atoms with Crippen LogP contribution in [0.15, 0.2) is 70.6 Å². The number of benzene rings is 2. The summed E-state index contributed by atoms with van der Waals surface area (Å²) in [5, 5.41) is 12.7. The second-order valence-corrected chi connectivity index (χ2v) is 7.53. The summed E-state index contributed by atoms with van der Waals surface area (Å²) in [7, 11) is 0. The smallest absolute Gasteiger partial charge is 0.264 e. The average Bonchev–Trinajstić information content (AvgIpc) is 3.16. The summed E-state index contributed by atoms with van der Waals surface area (Å²) in [5.41, 5.74) is 4.96. The van der Waals surface area contributed by atoms with Crippen molar-refractivity contribution < 1.29 is 9.90 Å². The van der Waals surface area contributed by atoms with Gasteiger partial charge < -0.3 is 15.0 Å². The molecule has 0 saturated carbocycles. The zero-order valence-electron chi connectivity index (χ0n) is 15.5. The van der Waals surface area contributed by atoms with Crippen molar-refractivity contribution in [2.75, 3.05) is 0 Å². The van der Waals surface area contributed by atoms with Crippen molar-refractivity contribution in [1.82, 2.24) is 9.88 Å². The van der Waals surface area contributed by atoms with E-state index in [9.17, 15) is 9.90 Å². The number of aryl methyl sites for hydroxylation is 1. The third-order valence-electron chi connectivity index (χ3n) is 4.50. The molecule has 1 aliphatic heterocycles. The predicted molar refractivity (Wildman–Crippen MR) is 114 cm³/mol. The van der Waals surface area contributed by atoms with Gasteiger partial charge in [-0.3, -0.25) is 4.79 Å². The molecule has 0 atom stereocenters. The minimum Gasteiger partial charge on any atom is -0.508 e. The van der Waals surface area contributed by atoms with Crippen LogP contribution >= 0.6 is 11.8 Å². The number of amides is 1. The molecule has 0 bridgehead atoms. The van der Waals surface area contributed by atoms with Crippen LogP contribution in [0.2, 0.25) is 0 Å². The maximum Gasteiger partial charge on any atom is 0.264 e. The SMILES string of the molecule is Cc1cc(C=C2SC(=Nc3ccc(O)cc3)NC2=O)c(C)n1-c1ccccc1. The number of phenolic OH excluding ortho intramolecular Hbond substituents is 1. The topological polar surface area (TPSA) is 66.6 Å². The monoisotopic (exact) mass is 389 g/mol. The second kappa shape index (κ2) is 7.40. The van der Waals surface area contributed by atoms with Gasteiger partial charge in [-0.1, -0.05) is 18.2 Å². The van der Waals surface area contributed by atoms with Gasteiger partial charge >= 0.3 is 0 Å². The number of carbonyl (C=O) groups excluding carboxylic acids is 1. The normalized spacial score (nSPS) is 16.7. The number of para-hydroxylation sites is 1. The lowest BCUT2D eigenvalue weighted by molar-refractivity contribution is -0.115. The van der Waals surface area contributed by atoms with Crippen molar-refractivity contribution >= 4 is 34.6 Å². The number of aliphatic imine (C=N–C) groups is 1. The molecule has 1 amide bonds. The van der Waals surface area contributed by atoms with Gasteiger partial charge in [-0.05, 0) is 79.7 Å². The van der Waals surface area contributed by atoms with Crippen LogP contribution in [-0.4, -0.2) is 20.7 Å². The number of hydrogen-bond donors (Lipinski definition) is 2. The summed E-state index contributed by atoms with van der Waals surface area (Å²) < 4.78 is 2.18. The van der Waals surface area contributed by atoms with Gasteiger partial charge in [-0.25, -0.2) is 4.99 Å². The molecule has 6 heteroatoms. The van der Waals surface area contributed by atoms with Gasteiger partial charge in [0.1, 0.15) is 5.75 Å². The Kier molecular flexibility index (Phi) is 4.79. The highest BCUT2D eigenvalue weighted by Gasteiger charge is 2.24. The first kappa shape index (κ1) is 18.1. The fraction of sp³-hybridized carbons (Fsp3) is 0.0909. The van der Waals surface area contributed by atoms with Crippen molar-refractivity contribution in [2.45, 2.75) is 13.8 Å². The van der Waals surface area contributed by atoms with Crippen LogP contribution in [0.3, 0.4) is 0 Å². The van der Waals surface area contributed by atoms with Crippen LogP contribution < -0.4 is 5.32 Å². The van der Waals surface area contributed by atoms with E-state index in [2.05, 4.69) is 46.9 Å². The lowest BCUT2D eigenvalue weighted by atomic mass is 10.2. The largest absolute Gasteiger partial charge is 0.508 e.